The minimum absolute atomic E-state index is 0.449. The highest BCUT2D eigenvalue weighted by Crippen LogP contribution is 2.08. The molecule has 0 aromatic carbocycles. The average Bonchev–Trinajstić information content (AvgIpc) is 2.28. The van der Waals surface area contributed by atoms with E-state index in [4.69, 9.17) is 0 Å². The summed E-state index contributed by atoms with van der Waals surface area (Å²) in [4.78, 5) is 21.4. The first-order valence-corrected chi connectivity index (χ1v) is 3.20. The van der Waals surface area contributed by atoms with Crippen LogP contribution < -0.4 is 5.32 Å². The van der Waals surface area contributed by atoms with Gasteiger partial charge in [0.15, 0.2) is 6.04 Å². The summed E-state index contributed by atoms with van der Waals surface area (Å²) >= 11 is 0. The number of amides is 1. The molecule has 62 valence electrons. The van der Waals surface area contributed by atoms with Gasteiger partial charge in [-0.15, -0.1) is 0 Å². The first kappa shape index (κ1) is 7.84. The average molecular weight is 159 g/mol. The summed E-state index contributed by atoms with van der Waals surface area (Å²) in [5, 5.41) is 2.32. The number of esters is 1. The summed E-state index contributed by atoms with van der Waals surface area (Å²) in [5.74, 6) is -0.483. The van der Waals surface area contributed by atoms with Crippen molar-refractivity contribution in [1.82, 2.24) is 5.32 Å². The van der Waals surface area contributed by atoms with E-state index >= 15 is 0 Å². The van der Waals surface area contributed by atoms with Gasteiger partial charge < -0.3 is 14.8 Å². The Kier molecular flexibility index (Phi) is 1.98. The van der Waals surface area contributed by atoms with E-state index in [-0.39, 0.29) is 0 Å². The zero-order chi connectivity index (χ0) is 8.43. The molecule has 1 saturated heterocycles. The number of carbonyl (C=O) groups excluding carboxylic acids is 2. The molecule has 1 aliphatic heterocycles. The monoisotopic (exact) mass is 159 g/mol. The molecule has 1 heterocycles. The Morgan fingerprint density at radius 1 is 1.73 bits per heavy atom. The lowest BCUT2D eigenvalue weighted by Gasteiger charge is -2.08. The second-order valence-corrected chi connectivity index (χ2v) is 2.26. The molecule has 1 rings (SSSR count). The van der Waals surface area contributed by atoms with Gasteiger partial charge >= 0.3 is 12.1 Å². The maximum absolute atomic E-state index is 10.9. The topological polar surface area (TPSA) is 64.6 Å². The normalized spacial score (nSPS) is 29.1. The highest BCUT2D eigenvalue weighted by Gasteiger charge is 2.36. The second kappa shape index (κ2) is 2.77. The molecule has 2 atom stereocenters. The van der Waals surface area contributed by atoms with Crippen molar-refractivity contribution < 1.29 is 19.1 Å². The fraction of sp³-hybridized carbons (Fsp3) is 0.667. The first-order valence-electron chi connectivity index (χ1n) is 3.20. The highest BCUT2D eigenvalue weighted by atomic mass is 16.6. The fourth-order valence-electron chi connectivity index (χ4n) is 0.893. The molecule has 0 unspecified atom stereocenters. The van der Waals surface area contributed by atoms with Crippen LogP contribution in [0, 0.1) is 0 Å². The number of methoxy groups -OCH3 is 1. The third-order valence-corrected chi connectivity index (χ3v) is 1.49. The predicted octanol–water partition coefficient (Wildman–Crippen LogP) is -0.344. The van der Waals surface area contributed by atoms with Gasteiger partial charge in [-0.05, 0) is 6.92 Å². The molecule has 1 N–H and O–H groups in total. The van der Waals surface area contributed by atoms with Gasteiger partial charge in [-0.25, -0.2) is 9.59 Å². The van der Waals surface area contributed by atoms with E-state index in [9.17, 15) is 9.59 Å². The smallest absolute Gasteiger partial charge is 0.408 e. The van der Waals surface area contributed by atoms with Crippen LogP contribution in [0.15, 0.2) is 0 Å². The second-order valence-electron chi connectivity index (χ2n) is 2.26. The summed E-state index contributed by atoms with van der Waals surface area (Å²) in [6, 6.07) is -0.660. The lowest BCUT2D eigenvalue weighted by molar-refractivity contribution is -0.143. The number of carbonyl (C=O) groups is 2. The summed E-state index contributed by atoms with van der Waals surface area (Å²) < 4.78 is 9.07. The summed E-state index contributed by atoms with van der Waals surface area (Å²) in [6.07, 6.45) is -1.03. The lowest BCUT2D eigenvalue weighted by atomic mass is 10.2. The van der Waals surface area contributed by atoms with Gasteiger partial charge in [0, 0.05) is 0 Å². The molecule has 0 bridgehead atoms. The van der Waals surface area contributed by atoms with Gasteiger partial charge in [0.25, 0.3) is 0 Å². The summed E-state index contributed by atoms with van der Waals surface area (Å²) in [5.41, 5.74) is 0. The van der Waals surface area contributed by atoms with Crippen molar-refractivity contribution in [1.29, 1.82) is 0 Å². The zero-order valence-corrected chi connectivity index (χ0v) is 6.29. The standard InChI is InChI=1S/C6H9NO4/c1-3-4(5(8)10-2)7-6(9)11-3/h3-4H,1-2H3,(H,7,9)/t3-,4-/m0/s1. The molecule has 0 aliphatic carbocycles. The number of cyclic esters (lactones) is 1. The van der Waals surface area contributed by atoms with Crippen LogP contribution in [0.2, 0.25) is 0 Å². The molecule has 1 fully saturated rings. The Morgan fingerprint density at radius 3 is 2.73 bits per heavy atom. The molecule has 5 heteroatoms. The van der Waals surface area contributed by atoms with E-state index in [2.05, 4.69) is 14.8 Å². The molecule has 1 aliphatic rings. The van der Waals surface area contributed by atoms with Gasteiger partial charge in [-0.1, -0.05) is 0 Å². The lowest BCUT2D eigenvalue weighted by Crippen LogP contribution is -2.38. The first-order chi connectivity index (χ1) is 5.15. The number of hydrogen-bond acceptors (Lipinski definition) is 4. The predicted molar refractivity (Wildman–Crippen MR) is 34.9 cm³/mol. The molecule has 0 saturated carbocycles. The van der Waals surface area contributed by atoms with Gasteiger partial charge in [-0.2, -0.15) is 0 Å². The third kappa shape index (κ3) is 1.42. The van der Waals surface area contributed by atoms with Crippen LogP contribution in [0.1, 0.15) is 6.92 Å². The summed E-state index contributed by atoms with van der Waals surface area (Å²) in [7, 11) is 1.26. The Bertz CT molecular complexity index is 191. The Labute approximate surface area is 63.7 Å². The van der Waals surface area contributed by atoms with Crippen LogP contribution >= 0.6 is 0 Å². The zero-order valence-electron chi connectivity index (χ0n) is 6.29. The number of hydrogen-bond donors (Lipinski definition) is 1. The highest BCUT2D eigenvalue weighted by molar-refractivity contribution is 5.84. The Morgan fingerprint density at radius 2 is 2.36 bits per heavy atom. The Balaban J connectivity index is 2.59. The molecular weight excluding hydrogens is 150 g/mol. The van der Waals surface area contributed by atoms with Gasteiger partial charge in [0.05, 0.1) is 7.11 Å². The van der Waals surface area contributed by atoms with E-state index in [1.807, 2.05) is 0 Å². The van der Waals surface area contributed by atoms with Crippen molar-refractivity contribution in [2.75, 3.05) is 7.11 Å². The molecular formula is C6H9NO4. The van der Waals surface area contributed by atoms with Crippen LogP contribution in [-0.4, -0.2) is 31.3 Å². The van der Waals surface area contributed by atoms with E-state index in [1.165, 1.54) is 7.11 Å². The molecule has 11 heavy (non-hydrogen) atoms. The van der Waals surface area contributed by atoms with Crippen LogP contribution in [0.5, 0.6) is 0 Å². The largest absolute Gasteiger partial charge is 0.467 e. The van der Waals surface area contributed by atoms with Gasteiger partial charge in [0.2, 0.25) is 0 Å². The van der Waals surface area contributed by atoms with Crippen molar-refractivity contribution in [3.8, 4) is 0 Å². The quantitative estimate of drug-likeness (QED) is 0.531. The number of nitrogens with one attached hydrogen (secondary N) is 1. The third-order valence-electron chi connectivity index (χ3n) is 1.49. The number of rotatable bonds is 1. The maximum Gasteiger partial charge on any atom is 0.408 e. The minimum atomic E-state index is -0.660. The Hall–Kier alpha value is -1.26. The van der Waals surface area contributed by atoms with Crippen molar-refractivity contribution in [2.24, 2.45) is 0 Å². The fourth-order valence-corrected chi connectivity index (χ4v) is 0.893. The van der Waals surface area contributed by atoms with Crippen LogP contribution in [0.25, 0.3) is 0 Å². The minimum Gasteiger partial charge on any atom is -0.467 e. The summed E-state index contributed by atoms with van der Waals surface area (Å²) in [6.45, 7) is 1.62. The molecule has 5 nitrogen and oxygen atoms in total. The van der Waals surface area contributed by atoms with Crippen LogP contribution in [0.3, 0.4) is 0 Å². The van der Waals surface area contributed by atoms with Crippen molar-refractivity contribution in [3.63, 3.8) is 0 Å². The van der Waals surface area contributed by atoms with Crippen molar-refractivity contribution in [2.45, 2.75) is 19.1 Å². The van der Waals surface area contributed by atoms with Crippen molar-refractivity contribution in [3.05, 3.63) is 0 Å². The molecule has 0 aromatic rings. The van der Waals surface area contributed by atoms with Gasteiger partial charge in [0.1, 0.15) is 6.10 Å². The van der Waals surface area contributed by atoms with Gasteiger partial charge in [-0.3, -0.25) is 0 Å². The maximum atomic E-state index is 10.9. The number of ether oxygens (including phenoxy) is 2. The molecule has 1 amide bonds. The van der Waals surface area contributed by atoms with Crippen LogP contribution in [-0.2, 0) is 14.3 Å². The van der Waals surface area contributed by atoms with Crippen molar-refractivity contribution >= 4 is 12.1 Å². The molecule has 0 radical (unpaired) electrons. The molecule has 0 spiro atoms. The molecule has 0 aromatic heterocycles. The van der Waals surface area contributed by atoms with E-state index in [1.54, 1.807) is 6.92 Å². The van der Waals surface area contributed by atoms with Crippen LogP contribution in [0.4, 0.5) is 4.79 Å². The SMILES string of the molecule is COC(=O)[C@H]1NC(=O)O[C@H]1C. The van der Waals surface area contributed by atoms with E-state index in [0.29, 0.717) is 0 Å². The van der Waals surface area contributed by atoms with E-state index in [0.717, 1.165) is 0 Å². The van der Waals surface area contributed by atoms with E-state index < -0.39 is 24.2 Å². The number of alkyl carbamates (subject to hydrolysis) is 1.